The van der Waals surface area contributed by atoms with Crippen LogP contribution in [-0.2, 0) is 20.9 Å². The van der Waals surface area contributed by atoms with Crippen LogP contribution in [0.3, 0.4) is 0 Å². The normalized spacial score (nSPS) is 17.6. The van der Waals surface area contributed by atoms with Crippen molar-refractivity contribution in [1.82, 2.24) is 9.80 Å². The molecule has 2 fully saturated rings. The van der Waals surface area contributed by atoms with Gasteiger partial charge in [-0.25, -0.2) is 0 Å². The Bertz CT molecular complexity index is 1220. The third-order valence-corrected chi connectivity index (χ3v) is 7.90. The number of likely N-dealkylation sites (tertiary alicyclic amines) is 1. The lowest BCUT2D eigenvalue weighted by atomic mass is 9.85. The zero-order valence-electron chi connectivity index (χ0n) is 21.8. The zero-order chi connectivity index (χ0) is 25.7. The van der Waals surface area contributed by atoms with Gasteiger partial charge in [0.15, 0.2) is 0 Å². The number of fused-ring (bicyclic) bond motifs is 1. The molecule has 5 rings (SSSR count). The van der Waals surface area contributed by atoms with Crippen LogP contribution in [0.2, 0.25) is 0 Å². The molecule has 0 aromatic heterocycles. The van der Waals surface area contributed by atoms with Gasteiger partial charge in [-0.3, -0.25) is 14.5 Å². The van der Waals surface area contributed by atoms with Gasteiger partial charge in [0.1, 0.15) is 5.54 Å². The monoisotopic (exact) mass is 499 g/mol. The molecule has 2 aliphatic rings. The molecule has 37 heavy (non-hydrogen) atoms. The van der Waals surface area contributed by atoms with Crippen molar-refractivity contribution in [3.05, 3.63) is 78.4 Å². The molecule has 1 spiro atoms. The lowest BCUT2D eigenvalue weighted by molar-refractivity contribution is -0.143. The van der Waals surface area contributed by atoms with Gasteiger partial charge in [-0.1, -0.05) is 60.7 Å². The Morgan fingerprint density at radius 2 is 1.65 bits per heavy atom. The summed E-state index contributed by atoms with van der Waals surface area (Å²) in [4.78, 5) is 32.4. The van der Waals surface area contributed by atoms with Crippen molar-refractivity contribution in [2.45, 2.75) is 51.1 Å². The number of anilines is 1. The van der Waals surface area contributed by atoms with E-state index in [0.717, 1.165) is 51.0 Å². The second-order valence-electron chi connectivity index (χ2n) is 10.2. The van der Waals surface area contributed by atoms with E-state index in [-0.39, 0.29) is 11.9 Å². The molecule has 0 saturated carbocycles. The van der Waals surface area contributed by atoms with Crippen LogP contribution in [0.25, 0.3) is 10.8 Å². The van der Waals surface area contributed by atoms with E-state index in [1.165, 1.54) is 16.3 Å². The van der Waals surface area contributed by atoms with Crippen LogP contribution in [0.5, 0.6) is 0 Å². The SMILES string of the molecule is CCOC(=O)CCCCN1CN(c2ccccc2)C2(CCN(Cc3cccc4ccccc34)CC2)C1=O. The summed E-state index contributed by atoms with van der Waals surface area (Å²) >= 11 is 0. The van der Waals surface area contributed by atoms with E-state index >= 15 is 0 Å². The Labute approximate surface area is 219 Å². The number of carbonyl (C=O) groups is 2. The predicted molar refractivity (Wildman–Crippen MR) is 147 cm³/mol. The Morgan fingerprint density at radius 3 is 2.43 bits per heavy atom. The molecule has 0 bridgehead atoms. The Balaban J connectivity index is 1.27. The maximum Gasteiger partial charge on any atom is 0.305 e. The van der Waals surface area contributed by atoms with Crippen molar-refractivity contribution in [1.29, 1.82) is 0 Å². The van der Waals surface area contributed by atoms with Gasteiger partial charge < -0.3 is 14.5 Å². The lowest BCUT2D eigenvalue weighted by Gasteiger charge is -2.43. The first-order valence-electron chi connectivity index (χ1n) is 13.6. The van der Waals surface area contributed by atoms with E-state index in [1.807, 2.05) is 30.0 Å². The minimum Gasteiger partial charge on any atom is -0.466 e. The molecule has 0 unspecified atom stereocenters. The first-order chi connectivity index (χ1) is 18.1. The molecular weight excluding hydrogens is 462 g/mol. The highest BCUT2D eigenvalue weighted by molar-refractivity contribution is 5.93. The van der Waals surface area contributed by atoms with E-state index in [2.05, 4.69) is 64.4 Å². The second kappa shape index (κ2) is 11.3. The van der Waals surface area contributed by atoms with Crippen molar-refractivity contribution < 1.29 is 14.3 Å². The summed E-state index contributed by atoms with van der Waals surface area (Å²) in [6.45, 7) is 6.18. The van der Waals surface area contributed by atoms with Crippen LogP contribution in [0.1, 0.15) is 44.6 Å². The molecule has 0 N–H and O–H groups in total. The molecule has 194 valence electrons. The van der Waals surface area contributed by atoms with E-state index in [0.29, 0.717) is 26.2 Å². The number of hydrogen-bond donors (Lipinski definition) is 0. The van der Waals surface area contributed by atoms with Gasteiger partial charge in [-0.2, -0.15) is 0 Å². The van der Waals surface area contributed by atoms with Gasteiger partial charge in [-0.15, -0.1) is 0 Å². The maximum atomic E-state index is 13.9. The first-order valence-corrected chi connectivity index (χ1v) is 13.6. The molecule has 3 aromatic carbocycles. The lowest BCUT2D eigenvalue weighted by Crippen LogP contribution is -2.56. The zero-order valence-corrected chi connectivity index (χ0v) is 21.8. The first kappa shape index (κ1) is 25.3. The van der Waals surface area contributed by atoms with E-state index in [1.54, 1.807) is 0 Å². The highest BCUT2D eigenvalue weighted by Gasteiger charge is 2.53. The van der Waals surface area contributed by atoms with E-state index in [9.17, 15) is 9.59 Å². The van der Waals surface area contributed by atoms with Crippen LogP contribution in [0.4, 0.5) is 5.69 Å². The summed E-state index contributed by atoms with van der Waals surface area (Å²) in [6.07, 6.45) is 3.57. The summed E-state index contributed by atoms with van der Waals surface area (Å²) in [6, 6.07) is 25.4. The summed E-state index contributed by atoms with van der Waals surface area (Å²) in [5.74, 6) is 0.0773. The average Bonchev–Trinajstić information content (AvgIpc) is 3.19. The second-order valence-corrected chi connectivity index (χ2v) is 10.2. The van der Waals surface area contributed by atoms with E-state index < -0.39 is 5.54 Å². The molecule has 1 amide bonds. The fourth-order valence-corrected chi connectivity index (χ4v) is 5.93. The number of amides is 1. The average molecular weight is 500 g/mol. The third-order valence-electron chi connectivity index (χ3n) is 7.90. The van der Waals surface area contributed by atoms with Crippen LogP contribution < -0.4 is 4.90 Å². The van der Waals surface area contributed by atoms with Gasteiger partial charge in [0.05, 0.1) is 13.3 Å². The molecule has 6 heteroatoms. The Kier molecular flexibility index (Phi) is 7.75. The molecule has 3 aromatic rings. The highest BCUT2D eigenvalue weighted by atomic mass is 16.5. The molecule has 0 radical (unpaired) electrons. The quantitative estimate of drug-likeness (QED) is 0.299. The standard InChI is InChI=1S/C31H37N3O3/c1-2-37-29(35)17-8-9-20-33-24-34(27-14-4-3-5-15-27)31(30(33)36)18-21-32(22-19-31)23-26-13-10-12-25-11-6-7-16-28(25)26/h3-7,10-16H,2,8-9,17-24H2,1H3. The van der Waals surface area contributed by atoms with Crippen molar-refractivity contribution in [2.75, 3.05) is 37.8 Å². The number of unbranched alkanes of at least 4 members (excludes halogenated alkanes) is 1. The maximum absolute atomic E-state index is 13.9. The van der Waals surface area contributed by atoms with E-state index in [4.69, 9.17) is 4.74 Å². The van der Waals surface area contributed by atoms with Crippen molar-refractivity contribution >= 4 is 28.3 Å². The highest BCUT2D eigenvalue weighted by Crippen LogP contribution is 2.40. The third kappa shape index (κ3) is 5.35. The van der Waals surface area contributed by atoms with Crippen LogP contribution in [0.15, 0.2) is 72.8 Å². The number of para-hydroxylation sites is 1. The number of benzene rings is 3. The van der Waals surface area contributed by atoms with Crippen LogP contribution >= 0.6 is 0 Å². The van der Waals surface area contributed by atoms with Crippen molar-refractivity contribution in [2.24, 2.45) is 0 Å². The molecular formula is C31H37N3O3. The fourth-order valence-electron chi connectivity index (χ4n) is 5.93. The number of hydrogen-bond acceptors (Lipinski definition) is 5. The number of carbonyl (C=O) groups excluding carboxylic acids is 2. The predicted octanol–water partition coefficient (Wildman–Crippen LogP) is 5.21. The minimum atomic E-state index is -0.502. The van der Waals surface area contributed by atoms with Gasteiger partial charge in [0.25, 0.3) is 0 Å². The molecule has 0 aliphatic carbocycles. The minimum absolute atomic E-state index is 0.156. The number of rotatable bonds is 9. The Morgan fingerprint density at radius 1 is 0.919 bits per heavy atom. The summed E-state index contributed by atoms with van der Waals surface area (Å²) < 4.78 is 5.04. The topological polar surface area (TPSA) is 53.1 Å². The number of esters is 1. The van der Waals surface area contributed by atoms with Crippen LogP contribution in [0, 0.1) is 0 Å². The Hall–Kier alpha value is -3.38. The number of nitrogens with zero attached hydrogens (tertiary/aromatic N) is 3. The summed E-state index contributed by atoms with van der Waals surface area (Å²) in [5.41, 5.74) is 1.94. The van der Waals surface area contributed by atoms with Gasteiger partial charge >= 0.3 is 5.97 Å². The molecule has 6 nitrogen and oxygen atoms in total. The van der Waals surface area contributed by atoms with Crippen LogP contribution in [-0.4, -0.2) is 60.1 Å². The molecule has 2 heterocycles. The summed E-state index contributed by atoms with van der Waals surface area (Å²) in [5, 5.41) is 2.58. The number of ether oxygens (including phenoxy) is 1. The largest absolute Gasteiger partial charge is 0.466 e. The summed E-state index contributed by atoms with van der Waals surface area (Å²) in [7, 11) is 0. The number of piperidine rings is 1. The fraction of sp³-hybridized carbons (Fsp3) is 0.419. The smallest absolute Gasteiger partial charge is 0.305 e. The van der Waals surface area contributed by atoms with Gasteiger partial charge in [-0.05, 0) is 61.1 Å². The molecule has 0 atom stereocenters. The molecule has 2 saturated heterocycles. The molecule has 2 aliphatic heterocycles. The van der Waals surface area contributed by atoms with Crippen molar-refractivity contribution in [3.63, 3.8) is 0 Å². The van der Waals surface area contributed by atoms with Crippen molar-refractivity contribution in [3.8, 4) is 0 Å². The van der Waals surface area contributed by atoms with Gasteiger partial charge in [0, 0.05) is 38.3 Å². The van der Waals surface area contributed by atoms with Gasteiger partial charge in [0.2, 0.25) is 5.91 Å².